The van der Waals surface area contributed by atoms with Crippen LogP contribution in [0, 0.1) is 23.0 Å². The smallest absolute Gasteiger partial charge is 0.304 e. The van der Waals surface area contributed by atoms with Crippen LogP contribution in [0.4, 0.5) is 8.78 Å². The summed E-state index contributed by atoms with van der Waals surface area (Å²) >= 11 is 0. The van der Waals surface area contributed by atoms with Crippen molar-refractivity contribution in [2.24, 2.45) is 0 Å². The molecule has 1 unspecified atom stereocenters. The van der Waals surface area contributed by atoms with E-state index in [1.54, 1.807) is 24.3 Å². The Kier molecular flexibility index (Phi) is 4.29. The average Bonchev–Trinajstić information content (AvgIpc) is 2.48. The van der Waals surface area contributed by atoms with Gasteiger partial charge in [-0.05, 0) is 35.4 Å². The zero-order valence-electron chi connectivity index (χ0n) is 10.9. The van der Waals surface area contributed by atoms with E-state index in [4.69, 9.17) is 10.4 Å². The monoisotopic (exact) mass is 287 g/mol. The second-order valence-electron chi connectivity index (χ2n) is 4.56. The molecule has 5 heteroatoms. The molecule has 0 saturated carbocycles. The summed E-state index contributed by atoms with van der Waals surface area (Å²) in [7, 11) is 0. The maximum atomic E-state index is 13.3. The number of hydrogen-bond acceptors (Lipinski definition) is 2. The summed E-state index contributed by atoms with van der Waals surface area (Å²) in [6.07, 6.45) is -0.253. The molecule has 2 rings (SSSR count). The summed E-state index contributed by atoms with van der Waals surface area (Å²) in [5, 5.41) is 17.8. The number of hydrogen-bond donors (Lipinski definition) is 1. The lowest BCUT2D eigenvalue weighted by atomic mass is 9.88. The second kappa shape index (κ2) is 6.14. The third kappa shape index (κ3) is 3.42. The number of nitriles is 1. The molecular weight excluding hydrogens is 276 g/mol. The Hall–Kier alpha value is -2.74. The molecule has 0 aliphatic heterocycles. The van der Waals surface area contributed by atoms with E-state index in [9.17, 15) is 13.6 Å². The number of carbonyl (C=O) groups is 1. The van der Waals surface area contributed by atoms with Crippen molar-refractivity contribution in [1.29, 1.82) is 5.26 Å². The average molecular weight is 287 g/mol. The molecule has 21 heavy (non-hydrogen) atoms. The minimum Gasteiger partial charge on any atom is -0.481 e. The predicted molar refractivity (Wildman–Crippen MR) is 71.6 cm³/mol. The van der Waals surface area contributed by atoms with Crippen LogP contribution >= 0.6 is 0 Å². The van der Waals surface area contributed by atoms with E-state index < -0.39 is 23.5 Å². The lowest BCUT2D eigenvalue weighted by Gasteiger charge is -2.16. The topological polar surface area (TPSA) is 61.1 Å². The molecule has 0 aromatic heterocycles. The number of benzene rings is 2. The van der Waals surface area contributed by atoms with Gasteiger partial charge in [-0.1, -0.05) is 18.2 Å². The van der Waals surface area contributed by atoms with E-state index in [0.717, 1.165) is 12.1 Å². The van der Waals surface area contributed by atoms with Crippen LogP contribution in [-0.2, 0) is 4.79 Å². The highest BCUT2D eigenvalue weighted by Crippen LogP contribution is 2.29. The number of nitrogens with zero attached hydrogens (tertiary/aromatic N) is 1. The highest BCUT2D eigenvalue weighted by atomic mass is 19.2. The van der Waals surface area contributed by atoms with Crippen LogP contribution in [0.15, 0.2) is 42.5 Å². The van der Waals surface area contributed by atoms with Crippen LogP contribution in [-0.4, -0.2) is 11.1 Å². The van der Waals surface area contributed by atoms with Crippen molar-refractivity contribution < 1.29 is 18.7 Å². The van der Waals surface area contributed by atoms with Gasteiger partial charge in [0.2, 0.25) is 0 Å². The normalized spacial score (nSPS) is 11.7. The molecule has 0 aliphatic carbocycles. The zero-order valence-corrected chi connectivity index (χ0v) is 10.9. The van der Waals surface area contributed by atoms with Crippen molar-refractivity contribution in [3.63, 3.8) is 0 Å². The minimum atomic E-state index is -1.05. The van der Waals surface area contributed by atoms with Gasteiger partial charge in [-0.2, -0.15) is 5.26 Å². The lowest BCUT2D eigenvalue weighted by molar-refractivity contribution is -0.137. The van der Waals surface area contributed by atoms with Crippen LogP contribution in [0.3, 0.4) is 0 Å². The third-order valence-corrected chi connectivity index (χ3v) is 3.17. The first-order valence-corrected chi connectivity index (χ1v) is 6.18. The van der Waals surface area contributed by atoms with E-state index in [-0.39, 0.29) is 6.42 Å². The Morgan fingerprint density at radius 1 is 1.10 bits per heavy atom. The van der Waals surface area contributed by atoms with E-state index in [1.165, 1.54) is 6.07 Å². The molecule has 0 bridgehead atoms. The number of halogens is 2. The first-order valence-electron chi connectivity index (χ1n) is 6.18. The quantitative estimate of drug-likeness (QED) is 0.937. The van der Waals surface area contributed by atoms with Crippen molar-refractivity contribution in [2.45, 2.75) is 12.3 Å². The van der Waals surface area contributed by atoms with Gasteiger partial charge in [0.05, 0.1) is 18.1 Å². The number of carboxylic acids is 1. The Morgan fingerprint density at radius 3 is 2.24 bits per heavy atom. The van der Waals surface area contributed by atoms with Gasteiger partial charge in [0.1, 0.15) is 0 Å². The molecule has 0 radical (unpaired) electrons. The van der Waals surface area contributed by atoms with Gasteiger partial charge in [0.25, 0.3) is 0 Å². The van der Waals surface area contributed by atoms with Crippen LogP contribution < -0.4 is 0 Å². The molecule has 106 valence electrons. The van der Waals surface area contributed by atoms with Crippen molar-refractivity contribution in [3.05, 3.63) is 70.8 Å². The van der Waals surface area contributed by atoms with Gasteiger partial charge in [0, 0.05) is 5.92 Å². The molecule has 2 aromatic rings. The Balaban J connectivity index is 2.44. The highest BCUT2D eigenvalue weighted by molar-refractivity contribution is 5.69. The minimum absolute atomic E-state index is 0.253. The number of rotatable bonds is 4. The molecule has 0 fully saturated rings. The van der Waals surface area contributed by atoms with E-state index in [2.05, 4.69) is 0 Å². The van der Waals surface area contributed by atoms with Gasteiger partial charge in [0.15, 0.2) is 11.6 Å². The Morgan fingerprint density at radius 2 is 1.71 bits per heavy atom. The molecule has 0 saturated heterocycles. The number of carboxylic acid groups (broad SMARTS) is 1. The SMILES string of the molecule is N#Cc1ccc(C(CC(=O)O)c2ccc(F)c(F)c2)cc1. The highest BCUT2D eigenvalue weighted by Gasteiger charge is 2.19. The second-order valence-corrected chi connectivity index (χ2v) is 4.56. The van der Waals surface area contributed by atoms with Crippen LogP contribution in [0.2, 0.25) is 0 Å². The van der Waals surface area contributed by atoms with Crippen LogP contribution in [0.25, 0.3) is 0 Å². The molecule has 2 aromatic carbocycles. The molecule has 0 heterocycles. The van der Waals surface area contributed by atoms with Gasteiger partial charge in [-0.25, -0.2) is 8.78 Å². The summed E-state index contributed by atoms with van der Waals surface area (Å²) in [4.78, 5) is 11.0. The largest absolute Gasteiger partial charge is 0.481 e. The van der Waals surface area contributed by atoms with E-state index in [1.807, 2.05) is 6.07 Å². The standard InChI is InChI=1S/C16H11F2NO2/c17-14-6-5-12(7-15(14)18)13(8-16(20)21)11-3-1-10(9-19)2-4-11/h1-7,13H,8H2,(H,20,21). The zero-order chi connectivity index (χ0) is 15.4. The molecule has 1 atom stereocenters. The van der Waals surface area contributed by atoms with Crippen molar-refractivity contribution in [1.82, 2.24) is 0 Å². The fourth-order valence-corrected chi connectivity index (χ4v) is 2.12. The summed E-state index contributed by atoms with van der Waals surface area (Å²) in [6, 6.07) is 11.7. The lowest BCUT2D eigenvalue weighted by Crippen LogP contribution is -2.08. The predicted octanol–water partition coefficient (Wildman–Crippen LogP) is 3.44. The molecular formula is C16H11F2NO2. The van der Waals surface area contributed by atoms with E-state index >= 15 is 0 Å². The summed E-state index contributed by atoms with van der Waals surface area (Å²) in [5.74, 6) is -3.65. The van der Waals surface area contributed by atoms with Crippen LogP contribution in [0.5, 0.6) is 0 Å². The molecule has 1 N–H and O–H groups in total. The fourth-order valence-electron chi connectivity index (χ4n) is 2.12. The summed E-state index contributed by atoms with van der Waals surface area (Å²) in [5.41, 5.74) is 1.45. The van der Waals surface area contributed by atoms with Crippen molar-refractivity contribution in [2.75, 3.05) is 0 Å². The molecule has 3 nitrogen and oxygen atoms in total. The van der Waals surface area contributed by atoms with Crippen molar-refractivity contribution in [3.8, 4) is 6.07 Å². The first kappa shape index (κ1) is 14.7. The maximum absolute atomic E-state index is 13.3. The molecule has 0 amide bonds. The van der Waals surface area contributed by atoms with Crippen LogP contribution in [0.1, 0.15) is 29.0 Å². The summed E-state index contributed by atoms with van der Waals surface area (Å²) in [6.45, 7) is 0. The van der Waals surface area contributed by atoms with Gasteiger partial charge < -0.3 is 5.11 Å². The molecule has 0 spiro atoms. The number of aliphatic carboxylic acids is 1. The Labute approximate surface area is 120 Å². The van der Waals surface area contributed by atoms with Gasteiger partial charge >= 0.3 is 5.97 Å². The van der Waals surface area contributed by atoms with E-state index in [0.29, 0.717) is 16.7 Å². The first-order chi connectivity index (χ1) is 10.0. The third-order valence-electron chi connectivity index (χ3n) is 3.17. The van der Waals surface area contributed by atoms with Gasteiger partial charge in [-0.3, -0.25) is 4.79 Å². The fraction of sp³-hybridized carbons (Fsp3) is 0.125. The molecule has 0 aliphatic rings. The van der Waals surface area contributed by atoms with Gasteiger partial charge in [-0.15, -0.1) is 0 Å². The van der Waals surface area contributed by atoms with Crippen molar-refractivity contribution >= 4 is 5.97 Å². The Bertz CT molecular complexity index is 705. The summed E-state index contributed by atoms with van der Waals surface area (Å²) < 4.78 is 26.3. The maximum Gasteiger partial charge on any atom is 0.304 e.